The number of aryl methyl sites for hydroxylation is 2. The second-order valence-electron chi connectivity index (χ2n) is 6.29. The first-order valence-electron chi connectivity index (χ1n) is 9.13. The quantitative estimate of drug-likeness (QED) is 0.288. The summed E-state index contributed by atoms with van der Waals surface area (Å²) >= 11 is 0. The van der Waals surface area contributed by atoms with Gasteiger partial charge in [-0.25, -0.2) is 4.98 Å². The number of guanidine groups is 1. The molecule has 0 fully saturated rings. The summed E-state index contributed by atoms with van der Waals surface area (Å²) in [4.78, 5) is 12.9. The number of hydrogen-bond donors (Lipinski definition) is 2. The van der Waals surface area contributed by atoms with Crippen molar-refractivity contribution in [3.63, 3.8) is 0 Å². The Morgan fingerprint density at radius 1 is 1.10 bits per heavy atom. The van der Waals surface area contributed by atoms with Gasteiger partial charge in [0.2, 0.25) is 5.89 Å². The maximum atomic E-state index is 5.83. The second-order valence-corrected chi connectivity index (χ2v) is 6.29. The Morgan fingerprint density at radius 2 is 1.93 bits per heavy atom. The molecule has 0 saturated heterocycles. The third-order valence-corrected chi connectivity index (χ3v) is 4.17. The molecule has 0 aliphatic carbocycles. The van der Waals surface area contributed by atoms with Crippen LogP contribution in [0.1, 0.15) is 28.6 Å². The molecule has 0 atom stereocenters. The molecule has 0 spiro atoms. The van der Waals surface area contributed by atoms with Crippen LogP contribution in [0.5, 0.6) is 5.75 Å². The minimum Gasteiger partial charge on any atom is -0.487 e. The van der Waals surface area contributed by atoms with Crippen LogP contribution in [0.25, 0.3) is 0 Å². The van der Waals surface area contributed by atoms with Crippen LogP contribution in [-0.2, 0) is 19.7 Å². The highest BCUT2D eigenvalue weighted by molar-refractivity contribution is 14.0. The van der Waals surface area contributed by atoms with Crippen LogP contribution in [0.15, 0.2) is 58.1 Å². The van der Waals surface area contributed by atoms with E-state index in [2.05, 4.69) is 25.6 Å². The van der Waals surface area contributed by atoms with E-state index in [1.54, 1.807) is 13.2 Å². The highest BCUT2D eigenvalue weighted by atomic mass is 127. The number of halogens is 1. The van der Waals surface area contributed by atoms with E-state index in [4.69, 9.17) is 9.15 Å². The fourth-order valence-corrected chi connectivity index (χ4v) is 2.57. The molecule has 0 saturated carbocycles. The van der Waals surface area contributed by atoms with Crippen molar-refractivity contribution >= 4 is 29.9 Å². The standard InChI is InChI=1S/C21H25N5O2.HI/c1-15-16(2)28-20(26-15)13-25-21(22-3)24-12-17-7-6-9-19(11-17)27-14-18-8-4-5-10-23-18;/h4-11H,12-14H2,1-3H3,(H2,22,24,25);1H. The maximum Gasteiger partial charge on any atom is 0.214 e. The molecule has 0 aliphatic heterocycles. The van der Waals surface area contributed by atoms with Crippen LogP contribution in [0.4, 0.5) is 0 Å². The number of ether oxygens (including phenoxy) is 1. The molecule has 7 nitrogen and oxygen atoms in total. The minimum atomic E-state index is 0. The van der Waals surface area contributed by atoms with Gasteiger partial charge in [-0.15, -0.1) is 24.0 Å². The van der Waals surface area contributed by atoms with Crippen molar-refractivity contribution in [1.29, 1.82) is 0 Å². The molecule has 29 heavy (non-hydrogen) atoms. The van der Waals surface area contributed by atoms with Gasteiger partial charge in [-0.05, 0) is 43.7 Å². The number of pyridine rings is 1. The van der Waals surface area contributed by atoms with E-state index in [-0.39, 0.29) is 24.0 Å². The van der Waals surface area contributed by atoms with Crippen molar-refractivity contribution in [2.75, 3.05) is 7.05 Å². The molecule has 0 bridgehead atoms. The lowest BCUT2D eigenvalue weighted by atomic mass is 10.2. The highest BCUT2D eigenvalue weighted by Gasteiger charge is 2.06. The molecule has 154 valence electrons. The molecule has 0 unspecified atom stereocenters. The third-order valence-electron chi connectivity index (χ3n) is 4.17. The van der Waals surface area contributed by atoms with E-state index < -0.39 is 0 Å². The van der Waals surface area contributed by atoms with Crippen molar-refractivity contribution in [1.82, 2.24) is 20.6 Å². The molecule has 2 aromatic heterocycles. The number of nitrogens with one attached hydrogen (secondary N) is 2. The van der Waals surface area contributed by atoms with Gasteiger partial charge >= 0.3 is 0 Å². The van der Waals surface area contributed by atoms with Crippen LogP contribution < -0.4 is 15.4 Å². The molecular weight excluding hydrogens is 481 g/mol. The lowest BCUT2D eigenvalue weighted by Crippen LogP contribution is -2.36. The Bertz CT molecular complexity index is 908. The lowest BCUT2D eigenvalue weighted by Gasteiger charge is -2.12. The first kappa shape index (κ1) is 22.7. The number of aliphatic imine (C=N–C) groups is 1. The summed E-state index contributed by atoms with van der Waals surface area (Å²) in [5.74, 6) is 2.96. The normalized spacial score (nSPS) is 10.9. The smallest absolute Gasteiger partial charge is 0.214 e. The number of oxazole rings is 1. The van der Waals surface area contributed by atoms with Crippen molar-refractivity contribution in [2.24, 2.45) is 4.99 Å². The largest absolute Gasteiger partial charge is 0.487 e. The van der Waals surface area contributed by atoms with Gasteiger partial charge in [-0.1, -0.05) is 18.2 Å². The molecule has 2 N–H and O–H groups in total. The number of nitrogens with zero attached hydrogens (tertiary/aromatic N) is 3. The van der Waals surface area contributed by atoms with Crippen molar-refractivity contribution < 1.29 is 9.15 Å². The molecule has 0 radical (unpaired) electrons. The molecule has 0 amide bonds. The van der Waals surface area contributed by atoms with Crippen LogP contribution in [0.3, 0.4) is 0 Å². The molecule has 2 heterocycles. The fourth-order valence-electron chi connectivity index (χ4n) is 2.57. The Morgan fingerprint density at radius 3 is 2.62 bits per heavy atom. The number of rotatable bonds is 7. The summed E-state index contributed by atoms with van der Waals surface area (Å²) < 4.78 is 11.4. The summed E-state index contributed by atoms with van der Waals surface area (Å²) in [5, 5.41) is 6.48. The van der Waals surface area contributed by atoms with Crippen LogP contribution >= 0.6 is 24.0 Å². The second kappa shape index (κ2) is 11.4. The highest BCUT2D eigenvalue weighted by Crippen LogP contribution is 2.14. The zero-order chi connectivity index (χ0) is 19.8. The topological polar surface area (TPSA) is 84.6 Å². The molecule has 3 aromatic rings. The van der Waals surface area contributed by atoms with Gasteiger partial charge in [0, 0.05) is 19.8 Å². The lowest BCUT2D eigenvalue weighted by molar-refractivity contribution is 0.301. The van der Waals surface area contributed by atoms with E-state index >= 15 is 0 Å². The first-order valence-corrected chi connectivity index (χ1v) is 9.13. The molecule has 0 aliphatic rings. The van der Waals surface area contributed by atoms with Crippen molar-refractivity contribution in [3.05, 3.63) is 77.3 Å². The predicted molar refractivity (Wildman–Crippen MR) is 123 cm³/mol. The van der Waals surface area contributed by atoms with E-state index in [1.165, 1.54) is 0 Å². The van der Waals surface area contributed by atoms with Gasteiger partial charge in [-0.3, -0.25) is 9.98 Å². The summed E-state index contributed by atoms with van der Waals surface area (Å²) in [7, 11) is 1.73. The van der Waals surface area contributed by atoms with Crippen LogP contribution in [0.2, 0.25) is 0 Å². The Labute approximate surface area is 188 Å². The third kappa shape index (κ3) is 7.04. The summed E-state index contributed by atoms with van der Waals surface area (Å²) in [6.07, 6.45) is 1.76. The van der Waals surface area contributed by atoms with Crippen LogP contribution in [0, 0.1) is 13.8 Å². The molecular formula is C21H26IN5O2. The SMILES string of the molecule is CN=C(NCc1cccc(OCc2ccccn2)c1)NCc1nc(C)c(C)o1.I. The maximum absolute atomic E-state index is 5.83. The summed E-state index contributed by atoms with van der Waals surface area (Å²) in [5.41, 5.74) is 2.89. The van der Waals surface area contributed by atoms with Gasteiger partial charge in [0.1, 0.15) is 18.1 Å². The van der Waals surface area contributed by atoms with Gasteiger partial charge in [0.15, 0.2) is 5.96 Å². The Kier molecular flexibility index (Phi) is 8.91. The summed E-state index contributed by atoms with van der Waals surface area (Å²) in [6, 6.07) is 13.7. The van der Waals surface area contributed by atoms with E-state index in [0.29, 0.717) is 31.5 Å². The van der Waals surface area contributed by atoms with Crippen molar-refractivity contribution in [3.8, 4) is 5.75 Å². The minimum absolute atomic E-state index is 0. The molecule has 3 rings (SSSR count). The van der Waals surface area contributed by atoms with E-state index in [9.17, 15) is 0 Å². The van der Waals surface area contributed by atoms with Crippen LogP contribution in [-0.4, -0.2) is 23.0 Å². The fraction of sp³-hybridized carbons (Fsp3) is 0.286. The zero-order valence-electron chi connectivity index (χ0n) is 16.8. The van der Waals surface area contributed by atoms with Gasteiger partial charge < -0.3 is 19.8 Å². The average Bonchev–Trinajstić information content (AvgIpc) is 3.05. The number of aromatic nitrogens is 2. The predicted octanol–water partition coefficient (Wildman–Crippen LogP) is 3.75. The van der Waals surface area contributed by atoms with E-state index in [0.717, 1.165) is 28.5 Å². The van der Waals surface area contributed by atoms with Gasteiger partial charge in [0.05, 0.1) is 17.9 Å². The summed E-state index contributed by atoms with van der Waals surface area (Å²) in [6.45, 7) is 5.36. The number of hydrogen-bond acceptors (Lipinski definition) is 5. The zero-order valence-corrected chi connectivity index (χ0v) is 19.1. The van der Waals surface area contributed by atoms with E-state index in [1.807, 2.05) is 56.3 Å². The Hall–Kier alpha value is -2.62. The van der Waals surface area contributed by atoms with Gasteiger partial charge in [-0.2, -0.15) is 0 Å². The average molecular weight is 507 g/mol. The molecule has 1 aromatic carbocycles. The monoisotopic (exact) mass is 507 g/mol. The van der Waals surface area contributed by atoms with Crippen molar-refractivity contribution in [2.45, 2.75) is 33.5 Å². The number of benzene rings is 1. The van der Waals surface area contributed by atoms with Gasteiger partial charge in [0.25, 0.3) is 0 Å². The first-order chi connectivity index (χ1) is 13.6. The molecule has 8 heteroatoms. The Balaban J connectivity index is 0.00000300.